The summed E-state index contributed by atoms with van der Waals surface area (Å²) in [6.07, 6.45) is 1.87. The second kappa shape index (κ2) is 6.68. The number of nitrogens with two attached hydrogens (primary N) is 1. The van der Waals surface area contributed by atoms with Crippen LogP contribution >= 0.6 is 15.9 Å². The molecule has 1 fully saturated rings. The molecule has 1 aliphatic rings. The molecule has 0 amide bonds. The van der Waals surface area contributed by atoms with E-state index in [0.717, 1.165) is 27.7 Å². The number of pyridine rings is 1. The molecule has 6 nitrogen and oxygen atoms in total. The SMILES string of the molecule is Nc1nn2cccc(-c3ccc(CN4CCS(=O)(=O)CC4)cc3)c2c1Br. The van der Waals surface area contributed by atoms with Gasteiger partial charge in [-0.15, -0.1) is 5.10 Å². The molecule has 0 aliphatic carbocycles. The maximum absolute atomic E-state index is 11.5. The Morgan fingerprint density at radius 3 is 2.50 bits per heavy atom. The van der Waals surface area contributed by atoms with Gasteiger partial charge in [-0.3, -0.25) is 4.90 Å². The number of nitrogens with zero attached hydrogens (tertiary/aromatic N) is 3. The van der Waals surface area contributed by atoms with E-state index in [-0.39, 0.29) is 11.5 Å². The van der Waals surface area contributed by atoms with E-state index >= 15 is 0 Å². The van der Waals surface area contributed by atoms with Crippen LogP contribution in [0.5, 0.6) is 0 Å². The van der Waals surface area contributed by atoms with Crippen molar-refractivity contribution in [3.8, 4) is 11.1 Å². The van der Waals surface area contributed by atoms with Crippen LogP contribution in [0.1, 0.15) is 5.56 Å². The first-order chi connectivity index (χ1) is 12.4. The maximum Gasteiger partial charge on any atom is 0.160 e. The van der Waals surface area contributed by atoms with Crippen LogP contribution in [-0.4, -0.2) is 47.5 Å². The number of aromatic nitrogens is 2. The quantitative estimate of drug-likeness (QED) is 0.684. The highest BCUT2D eigenvalue weighted by Crippen LogP contribution is 2.33. The molecule has 8 heteroatoms. The second-order valence-electron chi connectivity index (χ2n) is 6.54. The average molecular weight is 435 g/mol. The Kier molecular flexibility index (Phi) is 4.50. The minimum Gasteiger partial charge on any atom is -0.381 e. The van der Waals surface area contributed by atoms with Gasteiger partial charge in [0.05, 0.1) is 21.5 Å². The van der Waals surface area contributed by atoms with Crippen LogP contribution in [0, 0.1) is 0 Å². The number of benzene rings is 1. The zero-order valence-corrected chi connectivity index (χ0v) is 16.5. The summed E-state index contributed by atoms with van der Waals surface area (Å²) in [6, 6.07) is 12.3. The number of hydrogen-bond acceptors (Lipinski definition) is 5. The van der Waals surface area contributed by atoms with Gasteiger partial charge in [0, 0.05) is 31.4 Å². The van der Waals surface area contributed by atoms with Crippen molar-refractivity contribution in [3.63, 3.8) is 0 Å². The van der Waals surface area contributed by atoms with Crippen LogP contribution in [0.2, 0.25) is 0 Å². The van der Waals surface area contributed by atoms with Gasteiger partial charge in [-0.05, 0) is 33.1 Å². The molecular weight excluding hydrogens is 416 g/mol. The van der Waals surface area contributed by atoms with Gasteiger partial charge in [0.25, 0.3) is 0 Å². The van der Waals surface area contributed by atoms with Crippen molar-refractivity contribution in [2.45, 2.75) is 6.54 Å². The molecule has 0 atom stereocenters. The molecule has 2 aromatic heterocycles. The molecule has 0 radical (unpaired) electrons. The molecule has 2 N–H and O–H groups in total. The number of rotatable bonds is 3. The van der Waals surface area contributed by atoms with Crippen molar-refractivity contribution in [1.82, 2.24) is 14.5 Å². The van der Waals surface area contributed by atoms with Gasteiger partial charge in [-0.25, -0.2) is 12.9 Å². The predicted octanol–water partition coefficient (Wildman–Crippen LogP) is 2.58. The third-order valence-corrected chi connectivity index (χ3v) is 7.12. The van der Waals surface area contributed by atoms with E-state index < -0.39 is 9.84 Å². The largest absolute Gasteiger partial charge is 0.381 e. The fraction of sp³-hybridized carbons (Fsp3) is 0.278. The Labute approximate surface area is 160 Å². The summed E-state index contributed by atoms with van der Waals surface area (Å²) in [5.74, 6) is 0.974. The molecule has 4 rings (SSSR count). The Balaban J connectivity index is 1.57. The van der Waals surface area contributed by atoms with Gasteiger partial charge in [-0.2, -0.15) is 0 Å². The predicted molar refractivity (Wildman–Crippen MR) is 107 cm³/mol. The zero-order chi connectivity index (χ0) is 18.3. The van der Waals surface area contributed by atoms with Crippen molar-refractivity contribution < 1.29 is 8.42 Å². The number of nitrogen functional groups attached to an aromatic ring is 1. The van der Waals surface area contributed by atoms with Crippen molar-refractivity contribution in [1.29, 1.82) is 0 Å². The maximum atomic E-state index is 11.5. The summed E-state index contributed by atoms with van der Waals surface area (Å²) in [4.78, 5) is 2.19. The molecule has 1 aliphatic heterocycles. The first kappa shape index (κ1) is 17.5. The number of sulfone groups is 1. The summed E-state index contributed by atoms with van der Waals surface area (Å²) in [5.41, 5.74) is 10.2. The smallest absolute Gasteiger partial charge is 0.160 e. The van der Waals surface area contributed by atoms with Crippen molar-refractivity contribution in [3.05, 3.63) is 52.6 Å². The zero-order valence-electron chi connectivity index (χ0n) is 14.1. The summed E-state index contributed by atoms with van der Waals surface area (Å²) >= 11 is 3.52. The fourth-order valence-corrected chi connectivity index (χ4v) is 5.02. The second-order valence-corrected chi connectivity index (χ2v) is 9.64. The summed E-state index contributed by atoms with van der Waals surface area (Å²) in [6.45, 7) is 1.97. The topological polar surface area (TPSA) is 80.7 Å². The third-order valence-electron chi connectivity index (χ3n) is 4.73. The van der Waals surface area contributed by atoms with Crippen LogP contribution in [0.25, 0.3) is 16.6 Å². The molecule has 1 saturated heterocycles. The first-order valence-electron chi connectivity index (χ1n) is 8.37. The molecule has 0 unspecified atom stereocenters. The molecule has 3 heterocycles. The molecule has 0 spiro atoms. The lowest BCUT2D eigenvalue weighted by Crippen LogP contribution is -2.39. The van der Waals surface area contributed by atoms with Crippen LogP contribution in [0.15, 0.2) is 47.1 Å². The van der Waals surface area contributed by atoms with Gasteiger partial charge in [0.2, 0.25) is 0 Å². The van der Waals surface area contributed by atoms with E-state index in [9.17, 15) is 8.42 Å². The Hall–Kier alpha value is -1.90. The Morgan fingerprint density at radius 1 is 1.12 bits per heavy atom. The molecule has 3 aromatic rings. The van der Waals surface area contributed by atoms with Gasteiger partial charge < -0.3 is 5.73 Å². The van der Waals surface area contributed by atoms with Gasteiger partial charge in [0.15, 0.2) is 15.7 Å². The monoisotopic (exact) mass is 434 g/mol. The van der Waals surface area contributed by atoms with Gasteiger partial charge in [0.1, 0.15) is 0 Å². The summed E-state index contributed by atoms with van der Waals surface area (Å²) in [7, 11) is -2.84. The molecular formula is C18H19BrN4O2S. The molecule has 0 bridgehead atoms. The fourth-order valence-electron chi connectivity index (χ4n) is 3.27. The van der Waals surface area contributed by atoms with Crippen molar-refractivity contribution in [2.24, 2.45) is 0 Å². The van der Waals surface area contributed by atoms with Gasteiger partial charge in [-0.1, -0.05) is 30.3 Å². The normalized spacial score (nSPS) is 17.6. The number of anilines is 1. The molecule has 136 valence electrons. The van der Waals surface area contributed by atoms with E-state index in [2.05, 4.69) is 50.2 Å². The third kappa shape index (κ3) is 3.36. The number of hydrogen-bond donors (Lipinski definition) is 1. The summed E-state index contributed by atoms with van der Waals surface area (Å²) < 4.78 is 25.7. The number of fused-ring (bicyclic) bond motifs is 1. The van der Waals surface area contributed by atoms with Gasteiger partial charge >= 0.3 is 0 Å². The van der Waals surface area contributed by atoms with Crippen LogP contribution in [-0.2, 0) is 16.4 Å². The Bertz CT molecular complexity index is 1050. The first-order valence-corrected chi connectivity index (χ1v) is 11.0. The minimum atomic E-state index is -2.84. The highest BCUT2D eigenvalue weighted by atomic mass is 79.9. The van der Waals surface area contributed by atoms with E-state index in [1.807, 2.05) is 18.3 Å². The van der Waals surface area contributed by atoms with E-state index in [1.54, 1.807) is 4.52 Å². The molecule has 0 saturated carbocycles. The van der Waals surface area contributed by atoms with Crippen LogP contribution < -0.4 is 5.73 Å². The highest BCUT2D eigenvalue weighted by Gasteiger charge is 2.21. The van der Waals surface area contributed by atoms with Crippen molar-refractivity contribution >= 4 is 37.1 Å². The Morgan fingerprint density at radius 2 is 1.81 bits per heavy atom. The van der Waals surface area contributed by atoms with Crippen molar-refractivity contribution in [2.75, 3.05) is 30.3 Å². The standard InChI is InChI=1S/C18H19BrN4O2S/c19-16-17-15(2-1-7-23(17)21-18(16)20)14-5-3-13(4-6-14)12-22-8-10-26(24,25)11-9-22/h1-7H,8-12H2,(H2,20,21). The molecule has 1 aromatic carbocycles. The van der Waals surface area contributed by atoms with E-state index in [0.29, 0.717) is 18.9 Å². The van der Waals surface area contributed by atoms with Crippen LogP contribution in [0.4, 0.5) is 5.82 Å². The van der Waals surface area contributed by atoms with Crippen LogP contribution in [0.3, 0.4) is 0 Å². The summed E-state index contributed by atoms with van der Waals surface area (Å²) in [5, 5.41) is 4.30. The lowest BCUT2D eigenvalue weighted by Gasteiger charge is -2.26. The lowest BCUT2D eigenvalue weighted by atomic mass is 10.0. The lowest BCUT2D eigenvalue weighted by molar-refractivity contribution is 0.287. The average Bonchev–Trinajstić information content (AvgIpc) is 2.92. The highest BCUT2D eigenvalue weighted by molar-refractivity contribution is 9.10. The number of halogens is 1. The molecule has 26 heavy (non-hydrogen) atoms. The van der Waals surface area contributed by atoms with E-state index in [4.69, 9.17) is 5.73 Å². The minimum absolute atomic E-state index is 0.254. The van der Waals surface area contributed by atoms with E-state index in [1.165, 1.54) is 5.56 Å².